The maximum Gasteiger partial charge on any atom is 0.236 e. The Labute approximate surface area is 116 Å². The van der Waals surface area contributed by atoms with Crippen LogP contribution in [-0.2, 0) is 9.53 Å². The van der Waals surface area contributed by atoms with E-state index < -0.39 is 0 Å². The lowest BCUT2D eigenvalue weighted by atomic mass is 9.95. The lowest BCUT2D eigenvalue weighted by Gasteiger charge is -2.38. The van der Waals surface area contributed by atoms with Gasteiger partial charge in [0.2, 0.25) is 5.91 Å². The first kappa shape index (κ1) is 14.8. The molecule has 2 fully saturated rings. The zero-order valence-corrected chi connectivity index (χ0v) is 12.3. The van der Waals surface area contributed by atoms with Crippen molar-refractivity contribution in [2.24, 2.45) is 11.7 Å². The highest BCUT2D eigenvalue weighted by Gasteiger charge is 2.29. The average molecular weight is 269 g/mol. The van der Waals surface area contributed by atoms with Crippen LogP contribution in [0.4, 0.5) is 0 Å². The van der Waals surface area contributed by atoms with E-state index in [0.29, 0.717) is 25.6 Å². The van der Waals surface area contributed by atoms with Gasteiger partial charge in [0, 0.05) is 32.2 Å². The van der Waals surface area contributed by atoms with Crippen molar-refractivity contribution in [1.29, 1.82) is 0 Å². The first-order valence-corrected chi connectivity index (χ1v) is 7.37. The summed E-state index contributed by atoms with van der Waals surface area (Å²) >= 11 is 0. The second kappa shape index (κ2) is 6.20. The summed E-state index contributed by atoms with van der Waals surface area (Å²) in [5, 5.41) is 0. The molecule has 19 heavy (non-hydrogen) atoms. The van der Waals surface area contributed by atoms with Crippen molar-refractivity contribution in [2.75, 3.05) is 32.7 Å². The fraction of sp³-hybridized carbons (Fsp3) is 0.929. The molecular weight excluding hydrogens is 242 g/mol. The van der Waals surface area contributed by atoms with Crippen molar-refractivity contribution in [2.45, 2.75) is 45.4 Å². The molecule has 0 aromatic rings. The van der Waals surface area contributed by atoms with Crippen LogP contribution in [0.2, 0.25) is 0 Å². The summed E-state index contributed by atoms with van der Waals surface area (Å²) in [7, 11) is 0. The second-order valence-corrected chi connectivity index (χ2v) is 6.22. The van der Waals surface area contributed by atoms with E-state index in [4.69, 9.17) is 10.5 Å². The van der Waals surface area contributed by atoms with Crippen molar-refractivity contribution in [3.05, 3.63) is 0 Å². The fourth-order valence-electron chi connectivity index (χ4n) is 3.07. The molecule has 2 saturated heterocycles. The third-order valence-corrected chi connectivity index (χ3v) is 4.19. The smallest absolute Gasteiger partial charge is 0.236 e. The molecule has 5 nitrogen and oxygen atoms in total. The molecule has 0 aromatic carbocycles. The quantitative estimate of drug-likeness (QED) is 0.783. The Morgan fingerprint density at radius 3 is 2.42 bits per heavy atom. The van der Waals surface area contributed by atoms with Crippen molar-refractivity contribution in [3.8, 4) is 0 Å². The molecule has 2 aliphatic rings. The lowest BCUT2D eigenvalue weighted by molar-refractivity contribution is -0.144. The molecule has 4 unspecified atom stereocenters. The fourth-order valence-corrected chi connectivity index (χ4v) is 3.07. The minimum atomic E-state index is 0.140. The molecule has 4 atom stereocenters. The molecule has 0 radical (unpaired) electrons. The van der Waals surface area contributed by atoms with Gasteiger partial charge in [0.05, 0.1) is 18.8 Å². The first-order chi connectivity index (χ1) is 8.95. The summed E-state index contributed by atoms with van der Waals surface area (Å²) in [6.07, 6.45) is 1.27. The van der Waals surface area contributed by atoms with E-state index in [1.54, 1.807) is 0 Å². The number of piperidine rings is 1. The van der Waals surface area contributed by atoms with Crippen molar-refractivity contribution in [1.82, 2.24) is 9.80 Å². The Bertz CT molecular complexity index is 314. The Hall–Kier alpha value is -0.650. The van der Waals surface area contributed by atoms with Gasteiger partial charge in [-0.2, -0.15) is 0 Å². The van der Waals surface area contributed by atoms with Gasteiger partial charge in [-0.25, -0.2) is 0 Å². The van der Waals surface area contributed by atoms with Crippen LogP contribution in [0.1, 0.15) is 27.2 Å². The Kier molecular flexibility index (Phi) is 4.81. The number of amides is 1. The predicted molar refractivity (Wildman–Crippen MR) is 74.8 cm³/mol. The summed E-state index contributed by atoms with van der Waals surface area (Å²) in [4.78, 5) is 16.5. The largest absolute Gasteiger partial charge is 0.372 e. The number of rotatable bonds is 2. The van der Waals surface area contributed by atoms with Crippen LogP contribution in [0.25, 0.3) is 0 Å². The van der Waals surface area contributed by atoms with Gasteiger partial charge in [0.25, 0.3) is 0 Å². The number of nitrogens with zero attached hydrogens (tertiary/aromatic N) is 2. The van der Waals surface area contributed by atoms with E-state index in [1.165, 1.54) is 0 Å². The molecule has 2 aliphatic heterocycles. The molecule has 110 valence electrons. The Morgan fingerprint density at radius 2 is 1.84 bits per heavy atom. The number of hydrogen-bond donors (Lipinski definition) is 1. The van der Waals surface area contributed by atoms with Gasteiger partial charge in [-0.15, -0.1) is 0 Å². The lowest BCUT2D eigenvalue weighted by Crippen LogP contribution is -2.53. The number of carbonyl (C=O) groups is 1. The highest BCUT2D eigenvalue weighted by molar-refractivity contribution is 5.78. The molecule has 5 heteroatoms. The molecule has 0 saturated carbocycles. The van der Waals surface area contributed by atoms with E-state index in [-0.39, 0.29) is 24.2 Å². The summed E-state index contributed by atoms with van der Waals surface area (Å²) in [5.74, 6) is 0.703. The maximum atomic E-state index is 12.3. The van der Waals surface area contributed by atoms with E-state index in [9.17, 15) is 4.79 Å². The van der Waals surface area contributed by atoms with Gasteiger partial charge >= 0.3 is 0 Å². The molecule has 1 amide bonds. The highest BCUT2D eigenvalue weighted by Crippen LogP contribution is 2.16. The SMILES string of the molecule is CC1CN(C(=O)CN2CCC(N)C(C)C2)CC(C)O1. The number of ether oxygens (including phenoxy) is 1. The third kappa shape index (κ3) is 3.91. The van der Waals surface area contributed by atoms with Crippen LogP contribution < -0.4 is 5.73 Å². The van der Waals surface area contributed by atoms with Crippen LogP contribution in [0.3, 0.4) is 0 Å². The van der Waals surface area contributed by atoms with Crippen LogP contribution in [0.15, 0.2) is 0 Å². The van der Waals surface area contributed by atoms with Gasteiger partial charge in [-0.1, -0.05) is 6.92 Å². The first-order valence-electron chi connectivity index (χ1n) is 7.37. The number of likely N-dealkylation sites (tertiary alicyclic amines) is 1. The summed E-state index contributed by atoms with van der Waals surface area (Å²) in [6, 6.07) is 0.287. The normalized spacial score (nSPS) is 37.4. The van der Waals surface area contributed by atoms with Crippen molar-refractivity contribution in [3.63, 3.8) is 0 Å². The average Bonchev–Trinajstić information content (AvgIpc) is 2.32. The highest BCUT2D eigenvalue weighted by atomic mass is 16.5. The molecular formula is C14H27N3O2. The zero-order chi connectivity index (χ0) is 14.0. The Balaban J connectivity index is 1.83. The van der Waals surface area contributed by atoms with E-state index in [0.717, 1.165) is 19.5 Å². The van der Waals surface area contributed by atoms with E-state index in [1.807, 2.05) is 18.7 Å². The molecule has 2 N–H and O–H groups in total. The predicted octanol–water partition coefficient (Wildman–Crippen LogP) is 0.291. The van der Waals surface area contributed by atoms with Gasteiger partial charge in [0.15, 0.2) is 0 Å². The minimum absolute atomic E-state index is 0.140. The molecule has 0 bridgehead atoms. The summed E-state index contributed by atoms with van der Waals surface area (Å²) in [6.45, 7) is 10.0. The molecule has 0 aliphatic carbocycles. The van der Waals surface area contributed by atoms with Gasteiger partial charge < -0.3 is 15.4 Å². The van der Waals surface area contributed by atoms with Crippen LogP contribution in [-0.4, -0.2) is 66.7 Å². The monoisotopic (exact) mass is 269 g/mol. The number of morpholine rings is 1. The second-order valence-electron chi connectivity index (χ2n) is 6.22. The maximum absolute atomic E-state index is 12.3. The number of hydrogen-bond acceptors (Lipinski definition) is 4. The van der Waals surface area contributed by atoms with E-state index in [2.05, 4.69) is 11.8 Å². The van der Waals surface area contributed by atoms with Crippen LogP contribution in [0.5, 0.6) is 0 Å². The Morgan fingerprint density at radius 1 is 1.21 bits per heavy atom. The molecule has 2 rings (SSSR count). The zero-order valence-electron chi connectivity index (χ0n) is 12.3. The standard InChI is InChI=1S/C14H27N3O2/c1-10-6-16(5-4-13(10)15)9-14(18)17-7-11(2)19-12(3)8-17/h10-13H,4-9,15H2,1-3H3. The van der Waals surface area contributed by atoms with E-state index >= 15 is 0 Å². The number of carbonyl (C=O) groups excluding carboxylic acids is 1. The van der Waals surface area contributed by atoms with Gasteiger partial charge in [-0.05, 0) is 26.2 Å². The third-order valence-electron chi connectivity index (χ3n) is 4.19. The summed E-state index contributed by atoms with van der Waals surface area (Å²) in [5.41, 5.74) is 6.01. The molecule has 2 heterocycles. The van der Waals surface area contributed by atoms with Crippen LogP contribution >= 0.6 is 0 Å². The molecule has 0 aromatic heterocycles. The van der Waals surface area contributed by atoms with Gasteiger partial charge in [-0.3, -0.25) is 9.69 Å². The van der Waals surface area contributed by atoms with Crippen molar-refractivity contribution < 1.29 is 9.53 Å². The van der Waals surface area contributed by atoms with Gasteiger partial charge in [0.1, 0.15) is 0 Å². The topological polar surface area (TPSA) is 58.8 Å². The van der Waals surface area contributed by atoms with Crippen molar-refractivity contribution >= 4 is 5.91 Å². The minimum Gasteiger partial charge on any atom is -0.372 e. The number of nitrogens with two attached hydrogens (primary N) is 1. The molecule has 0 spiro atoms. The van der Waals surface area contributed by atoms with Crippen LogP contribution in [0, 0.1) is 5.92 Å². The summed E-state index contributed by atoms with van der Waals surface area (Å²) < 4.78 is 5.66.